The highest BCUT2D eigenvalue weighted by Gasteiger charge is 2.23. The van der Waals surface area contributed by atoms with Crippen LogP contribution in [0.15, 0.2) is 22.7 Å². The van der Waals surface area contributed by atoms with Gasteiger partial charge in [-0.05, 0) is 63.6 Å². The smallest absolute Gasteiger partial charge is 0.255 e. The zero-order valence-electron chi connectivity index (χ0n) is 9.54. The van der Waals surface area contributed by atoms with Gasteiger partial charge < -0.3 is 10.2 Å². The van der Waals surface area contributed by atoms with E-state index in [0.29, 0.717) is 6.04 Å². The van der Waals surface area contributed by atoms with Crippen molar-refractivity contribution in [1.29, 1.82) is 0 Å². The van der Waals surface area contributed by atoms with Crippen LogP contribution in [0.1, 0.15) is 17.3 Å². The summed E-state index contributed by atoms with van der Waals surface area (Å²) < 4.78 is 1.95. The second-order valence-electron chi connectivity index (χ2n) is 4.23. The largest absolute Gasteiger partial charge is 0.336 e. The highest BCUT2D eigenvalue weighted by molar-refractivity contribution is 14.1. The first-order chi connectivity index (χ1) is 8.08. The summed E-state index contributed by atoms with van der Waals surface area (Å²) in [5.74, 6) is 0.115. The molecule has 3 nitrogen and oxygen atoms in total. The Bertz CT molecular complexity index is 439. The van der Waals surface area contributed by atoms with Gasteiger partial charge in [0.1, 0.15) is 0 Å². The number of benzene rings is 1. The van der Waals surface area contributed by atoms with Crippen molar-refractivity contribution in [2.75, 3.05) is 19.6 Å². The lowest BCUT2D eigenvalue weighted by atomic mass is 10.1. The van der Waals surface area contributed by atoms with Crippen molar-refractivity contribution in [1.82, 2.24) is 10.2 Å². The molecule has 17 heavy (non-hydrogen) atoms. The van der Waals surface area contributed by atoms with Gasteiger partial charge in [-0.25, -0.2) is 0 Å². The van der Waals surface area contributed by atoms with Gasteiger partial charge in [-0.1, -0.05) is 0 Å². The predicted molar refractivity (Wildman–Crippen MR) is 80.2 cm³/mol. The van der Waals surface area contributed by atoms with Crippen LogP contribution in [0, 0.1) is 3.57 Å². The van der Waals surface area contributed by atoms with Gasteiger partial charge in [0.2, 0.25) is 0 Å². The molecule has 1 N–H and O–H groups in total. The van der Waals surface area contributed by atoms with E-state index in [0.717, 1.165) is 33.2 Å². The molecule has 1 aliphatic rings. The molecule has 1 aliphatic heterocycles. The lowest BCUT2D eigenvalue weighted by molar-refractivity contribution is 0.0708. The molecule has 1 aromatic carbocycles. The molecule has 1 heterocycles. The highest BCUT2D eigenvalue weighted by Crippen LogP contribution is 2.21. The van der Waals surface area contributed by atoms with Crippen molar-refractivity contribution in [3.8, 4) is 0 Å². The first-order valence-corrected chi connectivity index (χ1v) is 7.43. The van der Waals surface area contributed by atoms with Gasteiger partial charge in [-0.3, -0.25) is 4.79 Å². The monoisotopic (exact) mass is 408 g/mol. The maximum atomic E-state index is 12.4. The molecule has 0 radical (unpaired) electrons. The summed E-state index contributed by atoms with van der Waals surface area (Å²) in [4.78, 5) is 14.3. The minimum Gasteiger partial charge on any atom is -0.336 e. The van der Waals surface area contributed by atoms with Crippen LogP contribution in [-0.4, -0.2) is 36.5 Å². The number of amides is 1. The maximum Gasteiger partial charge on any atom is 0.255 e. The predicted octanol–water partition coefficient (Wildman–Crippen LogP) is 2.49. The fourth-order valence-electron chi connectivity index (χ4n) is 1.95. The first-order valence-electron chi connectivity index (χ1n) is 5.55. The zero-order chi connectivity index (χ0) is 12.4. The molecule has 1 aromatic rings. The van der Waals surface area contributed by atoms with Crippen LogP contribution in [0.4, 0.5) is 0 Å². The summed E-state index contributed by atoms with van der Waals surface area (Å²) in [7, 11) is 0. The number of piperazine rings is 1. The minimum atomic E-state index is 0.115. The molecule has 0 saturated carbocycles. The molecule has 1 fully saturated rings. The van der Waals surface area contributed by atoms with Gasteiger partial charge in [0, 0.05) is 33.7 Å². The lowest BCUT2D eigenvalue weighted by Crippen LogP contribution is -2.51. The number of carbonyl (C=O) groups excluding carboxylic acids is 1. The van der Waals surface area contributed by atoms with E-state index in [4.69, 9.17) is 0 Å². The fraction of sp³-hybridized carbons (Fsp3) is 0.417. The number of halogens is 2. The Labute approximate surface area is 123 Å². The first kappa shape index (κ1) is 13.3. The molecule has 0 unspecified atom stereocenters. The molecule has 2 rings (SSSR count). The second-order valence-corrected chi connectivity index (χ2v) is 6.33. The summed E-state index contributed by atoms with van der Waals surface area (Å²) in [6, 6.07) is 6.22. The van der Waals surface area contributed by atoms with Gasteiger partial charge in [-0.15, -0.1) is 0 Å². The van der Waals surface area contributed by atoms with Crippen molar-refractivity contribution < 1.29 is 4.79 Å². The molecule has 92 valence electrons. The van der Waals surface area contributed by atoms with E-state index in [2.05, 4.69) is 50.8 Å². The van der Waals surface area contributed by atoms with Crippen LogP contribution < -0.4 is 5.32 Å². The van der Waals surface area contributed by atoms with Crippen LogP contribution >= 0.6 is 38.5 Å². The third-order valence-electron chi connectivity index (χ3n) is 2.81. The summed E-state index contributed by atoms with van der Waals surface area (Å²) in [5.41, 5.74) is 0.756. The van der Waals surface area contributed by atoms with Gasteiger partial charge in [0.05, 0.1) is 5.56 Å². The Morgan fingerprint density at radius 1 is 1.59 bits per heavy atom. The lowest BCUT2D eigenvalue weighted by Gasteiger charge is -2.32. The average Bonchev–Trinajstić information content (AvgIpc) is 2.31. The Kier molecular flexibility index (Phi) is 4.43. The SMILES string of the molecule is C[C@@H]1CN(C(=O)c2cc(I)ccc2Br)CCN1. The molecular formula is C12H14BrIN2O. The fourth-order valence-corrected chi connectivity index (χ4v) is 2.86. The number of rotatable bonds is 1. The molecule has 0 spiro atoms. The molecule has 0 aliphatic carbocycles. The second kappa shape index (κ2) is 5.67. The van der Waals surface area contributed by atoms with Crippen molar-refractivity contribution in [3.05, 3.63) is 31.8 Å². The zero-order valence-corrected chi connectivity index (χ0v) is 13.3. The Balaban J connectivity index is 2.21. The van der Waals surface area contributed by atoms with E-state index < -0.39 is 0 Å². The van der Waals surface area contributed by atoms with Gasteiger partial charge in [0.25, 0.3) is 5.91 Å². The van der Waals surface area contributed by atoms with Crippen LogP contribution in [0.2, 0.25) is 0 Å². The molecule has 1 saturated heterocycles. The van der Waals surface area contributed by atoms with E-state index in [1.807, 2.05) is 23.1 Å². The average molecular weight is 409 g/mol. The quantitative estimate of drug-likeness (QED) is 0.724. The highest BCUT2D eigenvalue weighted by atomic mass is 127. The third kappa shape index (κ3) is 3.20. The van der Waals surface area contributed by atoms with Crippen LogP contribution in [0.25, 0.3) is 0 Å². The molecule has 1 amide bonds. The molecule has 5 heteroatoms. The summed E-state index contributed by atoms with van der Waals surface area (Å²) in [5, 5.41) is 3.34. The molecule has 1 atom stereocenters. The Morgan fingerprint density at radius 3 is 3.06 bits per heavy atom. The van der Waals surface area contributed by atoms with E-state index in [9.17, 15) is 4.79 Å². The van der Waals surface area contributed by atoms with Gasteiger partial charge in [0.15, 0.2) is 0 Å². The van der Waals surface area contributed by atoms with E-state index >= 15 is 0 Å². The Hall–Kier alpha value is -0.140. The summed E-state index contributed by atoms with van der Waals surface area (Å²) in [6.45, 7) is 4.52. The maximum absolute atomic E-state index is 12.4. The molecule has 0 bridgehead atoms. The topological polar surface area (TPSA) is 32.3 Å². The van der Waals surface area contributed by atoms with Crippen LogP contribution in [0.5, 0.6) is 0 Å². The van der Waals surface area contributed by atoms with Gasteiger partial charge in [-0.2, -0.15) is 0 Å². The number of carbonyl (C=O) groups is 1. The van der Waals surface area contributed by atoms with E-state index in [-0.39, 0.29) is 5.91 Å². The third-order valence-corrected chi connectivity index (χ3v) is 4.18. The summed E-state index contributed by atoms with van der Waals surface area (Å²) in [6.07, 6.45) is 0. The van der Waals surface area contributed by atoms with Crippen molar-refractivity contribution >= 4 is 44.4 Å². The minimum absolute atomic E-state index is 0.115. The van der Waals surface area contributed by atoms with Crippen molar-refractivity contribution in [2.24, 2.45) is 0 Å². The van der Waals surface area contributed by atoms with Crippen molar-refractivity contribution in [2.45, 2.75) is 13.0 Å². The number of hydrogen-bond acceptors (Lipinski definition) is 2. The normalized spacial score (nSPS) is 20.4. The van der Waals surface area contributed by atoms with E-state index in [1.165, 1.54) is 0 Å². The molecular weight excluding hydrogens is 395 g/mol. The summed E-state index contributed by atoms with van der Waals surface area (Å²) >= 11 is 5.67. The Morgan fingerprint density at radius 2 is 2.35 bits per heavy atom. The van der Waals surface area contributed by atoms with Crippen LogP contribution in [-0.2, 0) is 0 Å². The molecule has 0 aromatic heterocycles. The number of nitrogens with one attached hydrogen (secondary N) is 1. The van der Waals surface area contributed by atoms with E-state index in [1.54, 1.807) is 0 Å². The number of nitrogens with zero attached hydrogens (tertiary/aromatic N) is 1. The van der Waals surface area contributed by atoms with Crippen LogP contribution in [0.3, 0.4) is 0 Å². The standard InChI is InChI=1S/C12H14BrIN2O/c1-8-7-16(5-4-15-8)12(17)10-6-9(14)2-3-11(10)13/h2-3,6,8,15H,4-5,7H2,1H3/t8-/m1/s1. The number of hydrogen-bond donors (Lipinski definition) is 1. The van der Waals surface area contributed by atoms with Crippen molar-refractivity contribution in [3.63, 3.8) is 0 Å². The van der Waals surface area contributed by atoms with Gasteiger partial charge >= 0.3 is 0 Å².